The number of carbonyl (C=O) groups is 1. The molecule has 0 spiro atoms. The molecule has 3 aromatic heterocycles. The van der Waals surface area contributed by atoms with Crippen LogP contribution in [0.4, 0.5) is 5.82 Å². The zero-order chi connectivity index (χ0) is 22.8. The average Bonchev–Trinajstić information content (AvgIpc) is 3.50. The molecule has 1 aromatic carbocycles. The van der Waals surface area contributed by atoms with Gasteiger partial charge in [-0.3, -0.25) is 9.48 Å². The standard InChI is InChI=1S/C25H29N7O/c1-16-9-11-28-32(16)12-10-24(33)29-21(13-18-15-27-20-6-4-3-5-19(18)20)22-14-23(26-2)31-25(30-22)17-7-8-17/h3-6,9,11,14-15,17,21,27H,7-8,10,12-13H2,1-2H3,(H,29,33)(H,26,30,31)/t21-/m1/s1. The number of H-pyrrole nitrogens is 1. The highest BCUT2D eigenvalue weighted by molar-refractivity contribution is 5.83. The number of rotatable bonds is 9. The fourth-order valence-electron chi connectivity index (χ4n) is 4.17. The zero-order valence-corrected chi connectivity index (χ0v) is 19.0. The van der Waals surface area contributed by atoms with Crippen LogP contribution in [0.1, 0.15) is 54.0 Å². The summed E-state index contributed by atoms with van der Waals surface area (Å²) in [6, 6.07) is 11.9. The average molecular weight is 444 g/mol. The Labute approximate surface area is 192 Å². The van der Waals surface area contributed by atoms with Crippen LogP contribution < -0.4 is 10.6 Å². The Hall–Kier alpha value is -3.68. The van der Waals surface area contributed by atoms with Crippen molar-refractivity contribution < 1.29 is 4.79 Å². The van der Waals surface area contributed by atoms with Crippen LogP contribution in [0.3, 0.4) is 0 Å². The van der Waals surface area contributed by atoms with Gasteiger partial charge < -0.3 is 15.6 Å². The quantitative estimate of drug-likeness (QED) is 0.365. The summed E-state index contributed by atoms with van der Waals surface area (Å²) in [5.74, 6) is 2.05. The second-order valence-electron chi connectivity index (χ2n) is 8.69. The van der Waals surface area contributed by atoms with Crippen molar-refractivity contribution in [2.24, 2.45) is 0 Å². The van der Waals surface area contributed by atoms with E-state index < -0.39 is 0 Å². The summed E-state index contributed by atoms with van der Waals surface area (Å²) >= 11 is 0. The number of aromatic nitrogens is 5. The highest BCUT2D eigenvalue weighted by Crippen LogP contribution is 2.39. The maximum atomic E-state index is 13.0. The molecule has 0 unspecified atom stereocenters. The molecule has 5 rings (SSSR count). The summed E-state index contributed by atoms with van der Waals surface area (Å²) in [6.07, 6.45) is 7.02. The molecule has 170 valence electrons. The topological polar surface area (TPSA) is 101 Å². The smallest absolute Gasteiger partial charge is 0.222 e. The number of hydrogen-bond donors (Lipinski definition) is 3. The fraction of sp³-hybridized carbons (Fsp3) is 0.360. The van der Waals surface area contributed by atoms with Crippen molar-refractivity contribution in [3.05, 3.63) is 71.6 Å². The largest absolute Gasteiger partial charge is 0.373 e. The van der Waals surface area contributed by atoms with Crippen molar-refractivity contribution in [3.8, 4) is 0 Å². The summed E-state index contributed by atoms with van der Waals surface area (Å²) in [7, 11) is 1.86. The molecule has 1 atom stereocenters. The first-order valence-electron chi connectivity index (χ1n) is 11.5. The van der Waals surface area contributed by atoms with Crippen LogP contribution in [0.15, 0.2) is 48.8 Å². The third-order valence-electron chi connectivity index (χ3n) is 6.23. The Kier molecular flexibility index (Phi) is 5.81. The van der Waals surface area contributed by atoms with Gasteiger partial charge in [0.05, 0.1) is 11.7 Å². The van der Waals surface area contributed by atoms with Crippen molar-refractivity contribution in [2.45, 2.75) is 51.1 Å². The van der Waals surface area contributed by atoms with E-state index in [2.05, 4.69) is 37.8 Å². The second-order valence-corrected chi connectivity index (χ2v) is 8.69. The van der Waals surface area contributed by atoms with Gasteiger partial charge in [0.2, 0.25) is 5.91 Å². The summed E-state index contributed by atoms with van der Waals surface area (Å²) in [6.45, 7) is 2.54. The van der Waals surface area contributed by atoms with Gasteiger partial charge in [-0.1, -0.05) is 18.2 Å². The lowest BCUT2D eigenvalue weighted by Crippen LogP contribution is -2.31. The predicted molar refractivity (Wildman–Crippen MR) is 128 cm³/mol. The van der Waals surface area contributed by atoms with Gasteiger partial charge in [0.15, 0.2) is 0 Å². The minimum Gasteiger partial charge on any atom is -0.373 e. The van der Waals surface area contributed by atoms with E-state index in [1.165, 1.54) is 0 Å². The minimum atomic E-state index is -0.261. The Balaban J connectivity index is 1.42. The maximum absolute atomic E-state index is 13.0. The van der Waals surface area contributed by atoms with Gasteiger partial charge in [0.25, 0.3) is 0 Å². The second kappa shape index (κ2) is 9.05. The number of fused-ring (bicyclic) bond motifs is 1. The lowest BCUT2D eigenvalue weighted by Gasteiger charge is -2.20. The highest BCUT2D eigenvalue weighted by Gasteiger charge is 2.29. The first kappa shape index (κ1) is 21.2. The number of amides is 1. The number of hydrogen-bond acceptors (Lipinski definition) is 5. The van der Waals surface area contributed by atoms with Crippen LogP contribution in [0.5, 0.6) is 0 Å². The van der Waals surface area contributed by atoms with Gasteiger partial charge in [-0.15, -0.1) is 0 Å². The molecule has 1 fully saturated rings. The Bertz CT molecular complexity index is 1270. The number of carbonyl (C=O) groups excluding carboxylic acids is 1. The molecule has 1 saturated carbocycles. The van der Waals surface area contributed by atoms with Crippen LogP contribution in [-0.2, 0) is 17.8 Å². The molecule has 8 nitrogen and oxygen atoms in total. The van der Waals surface area contributed by atoms with E-state index >= 15 is 0 Å². The first-order valence-corrected chi connectivity index (χ1v) is 11.5. The molecule has 0 aliphatic heterocycles. The summed E-state index contributed by atoms with van der Waals surface area (Å²) in [5.41, 5.74) is 4.12. The summed E-state index contributed by atoms with van der Waals surface area (Å²) < 4.78 is 1.85. The van der Waals surface area contributed by atoms with Crippen molar-refractivity contribution in [1.29, 1.82) is 0 Å². The number of aryl methyl sites for hydroxylation is 2. The number of benzene rings is 1. The molecule has 8 heteroatoms. The highest BCUT2D eigenvalue weighted by atomic mass is 16.1. The van der Waals surface area contributed by atoms with E-state index in [-0.39, 0.29) is 11.9 Å². The van der Waals surface area contributed by atoms with Crippen LogP contribution in [-0.4, -0.2) is 37.7 Å². The number of aromatic amines is 1. The van der Waals surface area contributed by atoms with Crippen molar-refractivity contribution in [1.82, 2.24) is 30.0 Å². The Morgan fingerprint density at radius 2 is 2.09 bits per heavy atom. The Morgan fingerprint density at radius 3 is 2.85 bits per heavy atom. The maximum Gasteiger partial charge on any atom is 0.222 e. The van der Waals surface area contributed by atoms with Crippen molar-refractivity contribution in [3.63, 3.8) is 0 Å². The van der Waals surface area contributed by atoms with E-state index in [0.717, 1.165) is 52.3 Å². The predicted octanol–water partition coefficient (Wildman–Crippen LogP) is 3.87. The van der Waals surface area contributed by atoms with Crippen molar-refractivity contribution in [2.75, 3.05) is 12.4 Å². The molecule has 3 heterocycles. The van der Waals surface area contributed by atoms with E-state index in [1.807, 2.05) is 49.1 Å². The third kappa shape index (κ3) is 4.74. The molecule has 33 heavy (non-hydrogen) atoms. The SMILES string of the molecule is CNc1cc([C@@H](Cc2c[nH]c3ccccc23)NC(=O)CCn2nccc2C)nc(C2CC2)n1. The van der Waals surface area contributed by atoms with Gasteiger partial charge in [-0.2, -0.15) is 5.10 Å². The van der Waals surface area contributed by atoms with Gasteiger partial charge >= 0.3 is 0 Å². The fourth-order valence-corrected chi connectivity index (χ4v) is 4.17. The monoisotopic (exact) mass is 443 g/mol. The number of nitrogens with one attached hydrogen (secondary N) is 3. The van der Waals surface area contributed by atoms with Gasteiger partial charge in [0, 0.05) is 67.4 Å². The molecule has 3 N–H and O–H groups in total. The molecular weight excluding hydrogens is 414 g/mol. The van der Waals surface area contributed by atoms with E-state index in [4.69, 9.17) is 4.98 Å². The molecular formula is C25H29N7O. The normalized spacial score (nSPS) is 14.4. The van der Waals surface area contributed by atoms with Gasteiger partial charge in [-0.25, -0.2) is 9.97 Å². The van der Waals surface area contributed by atoms with E-state index in [1.54, 1.807) is 6.20 Å². The Morgan fingerprint density at radius 1 is 1.24 bits per heavy atom. The van der Waals surface area contributed by atoms with Crippen LogP contribution in [0.25, 0.3) is 10.9 Å². The van der Waals surface area contributed by atoms with Crippen LogP contribution in [0.2, 0.25) is 0 Å². The molecule has 1 amide bonds. The first-order chi connectivity index (χ1) is 16.1. The molecule has 1 aliphatic rings. The lowest BCUT2D eigenvalue weighted by molar-refractivity contribution is -0.122. The van der Waals surface area contributed by atoms with E-state index in [0.29, 0.717) is 25.3 Å². The van der Waals surface area contributed by atoms with Crippen LogP contribution >= 0.6 is 0 Å². The number of anilines is 1. The molecule has 0 bridgehead atoms. The molecule has 4 aromatic rings. The summed E-state index contributed by atoms with van der Waals surface area (Å²) in [4.78, 5) is 25.9. The van der Waals surface area contributed by atoms with Gasteiger partial charge in [-0.05, 0) is 37.5 Å². The molecule has 0 radical (unpaired) electrons. The zero-order valence-electron chi connectivity index (χ0n) is 19.0. The minimum absolute atomic E-state index is 0.0210. The third-order valence-corrected chi connectivity index (χ3v) is 6.23. The molecule has 1 aliphatic carbocycles. The van der Waals surface area contributed by atoms with Gasteiger partial charge in [0.1, 0.15) is 11.6 Å². The molecule has 0 saturated heterocycles. The van der Waals surface area contributed by atoms with Crippen molar-refractivity contribution >= 4 is 22.6 Å². The number of nitrogens with zero attached hydrogens (tertiary/aromatic N) is 4. The van der Waals surface area contributed by atoms with E-state index in [9.17, 15) is 4.79 Å². The van der Waals surface area contributed by atoms with Crippen LogP contribution in [0, 0.1) is 6.92 Å². The number of para-hydroxylation sites is 1. The summed E-state index contributed by atoms with van der Waals surface area (Å²) in [5, 5.41) is 11.8. The lowest BCUT2D eigenvalue weighted by atomic mass is 10.0.